The highest BCUT2D eigenvalue weighted by molar-refractivity contribution is 6.07. The molecule has 1 aromatic carbocycles. The fraction of sp³-hybridized carbons (Fsp3) is 0.143. The summed E-state index contributed by atoms with van der Waals surface area (Å²) in [7, 11) is 0. The number of nitrogens with zero attached hydrogens (tertiary/aromatic N) is 2. The summed E-state index contributed by atoms with van der Waals surface area (Å²) >= 11 is 0. The number of pyridine rings is 1. The number of nitrogens with two attached hydrogens (primary N) is 1. The lowest BCUT2D eigenvalue weighted by atomic mass is 10.1. The molecular weight excluding hydrogens is 272 g/mol. The number of aromatic nitrogens is 1. The van der Waals surface area contributed by atoms with Crippen molar-refractivity contribution in [2.75, 3.05) is 11.1 Å². The number of amides is 1. The van der Waals surface area contributed by atoms with Gasteiger partial charge in [-0.2, -0.15) is 0 Å². The molecule has 3 N–H and O–H groups in total. The van der Waals surface area contributed by atoms with Gasteiger partial charge in [-0.05, 0) is 26.0 Å². The van der Waals surface area contributed by atoms with Gasteiger partial charge in [0.15, 0.2) is 0 Å². The average molecular weight is 286 g/mol. The second-order valence-electron chi connectivity index (χ2n) is 4.63. The highest BCUT2D eigenvalue weighted by Crippen LogP contribution is 2.23. The molecule has 0 spiro atoms. The van der Waals surface area contributed by atoms with Crippen LogP contribution < -0.4 is 11.1 Å². The molecule has 1 aromatic heterocycles. The second kappa shape index (κ2) is 5.58. The Bertz CT molecular complexity index is 728. The molecule has 0 aliphatic rings. The van der Waals surface area contributed by atoms with Gasteiger partial charge in [0.05, 0.1) is 10.5 Å². The van der Waals surface area contributed by atoms with E-state index in [1.807, 2.05) is 0 Å². The van der Waals surface area contributed by atoms with Gasteiger partial charge in [0, 0.05) is 34.9 Å². The molecule has 0 fully saturated rings. The van der Waals surface area contributed by atoms with Gasteiger partial charge in [0.2, 0.25) is 0 Å². The highest BCUT2D eigenvalue weighted by atomic mass is 16.6. The molecule has 0 saturated heterocycles. The maximum atomic E-state index is 12.1. The molecule has 7 heteroatoms. The number of hydrogen-bond acceptors (Lipinski definition) is 5. The minimum atomic E-state index is -0.493. The van der Waals surface area contributed by atoms with Gasteiger partial charge in [-0.25, -0.2) is 0 Å². The van der Waals surface area contributed by atoms with E-state index in [0.717, 1.165) is 0 Å². The Morgan fingerprint density at radius 2 is 2.05 bits per heavy atom. The van der Waals surface area contributed by atoms with Crippen LogP contribution in [0.15, 0.2) is 30.5 Å². The highest BCUT2D eigenvalue weighted by Gasteiger charge is 2.14. The fourth-order valence-corrected chi connectivity index (χ4v) is 1.85. The van der Waals surface area contributed by atoms with Crippen molar-refractivity contribution in [1.29, 1.82) is 0 Å². The summed E-state index contributed by atoms with van der Waals surface area (Å²) in [6.07, 6.45) is 1.38. The summed E-state index contributed by atoms with van der Waals surface area (Å²) in [6.45, 7) is 3.40. The summed E-state index contributed by atoms with van der Waals surface area (Å²) in [5.74, 6) is -0.460. The van der Waals surface area contributed by atoms with E-state index in [0.29, 0.717) is 22.6 Å². The number of carbonyl (C=O) groups is 1. The minimum Gasteiger partial charge on any atom is -0.398 e. The van der Waals surface area contributed by atoms with Crippen LogP contribution in [0.5, 0.6) is 0 Å². The molecule has 0 radical (unpaired) electrons. The summed E-state index contributed by atoms with van der Waals surface area (Å²) in [5.41, 5.74) is 7.81. The molecule has 0 aliphatic heterocycles. The third-order valence-corrected chi connectivity index (χ3v) is 2.98. The number of anilines is 2. The monoisotopic (exact) mass is 286 g/mol. The first-order chi connectivity index (χ1) is 9.88. The van der Waals surface area contributed by atoms with E-state index in [-0.39, 0.29) is 11.3 Å². The lowest BCUT2D eigenvalue weighted by Crippen LogP contribution is -2.15. The topological polar surface area (TPSA) is 111 Å². The summed E-state index contributed by atoms with van der Waals surface area (Å²) in [6, 6.07) is 6.07. The Balaban J connectivity index is 2.27. The standard InChI is InChI=1S/C14H14N4O3/c1-8-3-4-10(6-13(8)18(20)21)17-14(19)11-7-16-9(2)5-12(11)15/h3-7H,1-2H3,(H2,15,16)(H,17,19). The number of hydrogen-bond donors (Lipinski definition) is 2. The molecule has 0 unspecified atom stereocenters. The Kier molecular flexibility index (Phi) is 3.84. The number of rotatable bonds is 3. The number of nitro groups is 1. The van der Waals surface area contributed by atoms with Crippen molar-refractivity contribution in [3.63, 3.8) is 0 Å². The Hall–Kier alpha value is -2.96. The molecule has 1 amide bonds. The van der Waals surface area contributed by atoms with Crippen molar-refractivity contribution in [2.45, 2.75) is 13.8 Å². The molecule has 7 nitrogen and oxygen atoms in total. The lowest BCUT2D eigenvalue weighted by molar-refractivity contribution is -0.385. The Morgan fingerprint density at radius 3 is 2.67 bits per heavy atom. The van der Waals surface area contributed by atoms with Crippen molar-refractivity contribution in [2.24, 2.45) is 0 Å². The van der Waals surface area contributed by atoms with E-state index in [2.05, 4.69) is 10.3 Å². The molecule has 108 valence electrons. The number of nitrogen functional groups attached to an aromatic ring is 1. The van der Waals surface area contributed by atoms with E-state index in [4.69, 9.17) is 5.73 Å². The number of nitro benzene ring substituents is 1. The normalized spacial score (nSPS) is 10.2. The van der Waals surface area contributed by atoms with Crippen LogP contribution in [0.2, 0.25) is 0 Å². The average Bonchev–Trinajstić information content (AvgIpc) is 2.40. The lowest BCUT2D eigenvalue weighted by Gasteiger charge is -2.08. The van der Waals surface area contributed by atoms with Crippen LogP contribution in [-0.4, -0.2) is 15.8 Å². The van der Waals surface area contributed by atoms with E-state index >= 15 is 0 Å². The first-order valence-electron chi connectivity index (χ1n) is 6.17. The van der Waals surface area contributed by atoms with Crippen LogP contribution in [0.25, 0.3) is 0 Å². The smallest absolute Gasteiger partial charge is 0.274 e. The van der Waals surface area contributed by atoms with E-state index in [1.165, 1.54) is 12.3 Å². The molecular formula is C14H14N4O3. The maximum Gasteiger partial charge on any atom is 0.274 e. The van der Waals surface area contributed by atoms with Gasteiger partial charge in [-0.15, -0.1) is 0 Å². The van der Waals surface area contributed by atoms with Gasteiger partial charge in [-0.3, -0.25) is 19.9 Å². The zero-order valence-corrected chi connectivity index (χ0v) is 11.6. The quantitative estimate of drug-likeness (QED) is 0.665. The van der Waals surface area contributed by atoms with Crippen LogP contribution in [-0.2, 0) is 0 Å². The first kappa shape index (κ1) is 14.4. The number of carbonyl (C=O) groups excluding carboxylic acids is 1. The second-order valence-corrected chi connectivity index (χ2v) is 4.63. The van der Waals surface area contributed by atoms with Gasteiger partial charge in [0.1, 0.15) is 0 Å². The van der Waals surface area contributed by atoms with Crippen molar-refractivity contribution in [3.8, 4) is 0 Å². The largest absolute Gasteiger partial charge is 0.398 e. The van der Waals surface area contributed by atoms with Gasteiger partial charge >= 0.3 is 0 Å². The minimum absolute atomic E-state index is 0.0530. The van der Waals surface area contributed by atoms with Crippen LogP contribution >= 0.6 is 0 Å². The number of aryl methyl sites for hydroxylation is 2. The predicted molar refractivity (Wildman–Crippen MR) is 79.2 cm³/mol. The first-order valence-corrected chi connectivity index (χ1v) is 6.17. The molecule has 0 aliphatic carbocycles. The number of benzene rings is 1. The van der Waals surface area contributed by atoms with Crippen LogP contribution in [0.1, 0.15) is 21.6 Å². The molecule has 2 rings (SSSR count). The predicted octanol–water partition coefficient (Wildman–Crippen LogP) is 2.44. The van der Waals surface area contributed by atoms with Crippen molar-refractivity contribution in [3.05, 3.63) is 57.4 Å². The molecule has 2 aromatic rings. The zero-order valence-electron chi connectivity index (χ0n) is 11.6. The van der Waals surface area contributed by atoms with Crippen molar-refractivity contribution in [1.82, 2.24) is 4.98 Å². The fourth-order valence-electron chi connectivity index (χ4n) is 1.85. The van der Waals surface area contributed by atoms with Crippen molar-refractivity contribution < 1.29 is 9.72 Å². The van der Waals surface area contributed by atoms with E-state index in [9.17, 15) is 14.9 Å². The van der Waals surface area contributed by atoms with Gasteiger partial charge in [-0.1, -0.05) is 6.07 Å². The Labute approximate surface area is 121 Å². The zero-order chi connectivity index (χ0) is 15.6. The third-order valence-electron chi connectivity index (χ3n) is 2.98. The van der Waals surface area contributed by atoms with Gasteiger partial charge < -0.3 is 11.1 Å². The number of nitrogens with one attached hydrogen (secondary N) is 1. The van der Waals surface area contributed by atoms with Crippen molar-refractivity contribution >= 4 is 23.0 Å². The Morgan fingerprint density at radius 1 is 1.33 bits per heavy atom. The molecule has 0 atom stereocenters. The van der Waals surface area contributed by atoms with E-state index < -0.39 is 10.8 Å². The molecule has 21 heavy (non-hydrogen) atoms. The van der Waals surface area contributed by atoms with Crippen LogP contribution in [0, 0.1) is 24.0 Å². The third kappa shape index (κ3) is 3.14. The molecule has 0 saturated carbocycles. The summed E-state index contributed by atoms with van der Waals surface area (Å²) in [5, 5.41) is 13.5. The SMILES string of the molecule is Cc1cc(N)c(C(=O)Nc2ccc(C)c([N+](=O)[O-])c2)cn1. The molecule has 0 bridgehead atoms. The van der Waals surface area contributed by atoms with E-state index in [1.54, 1.807) is 32.0 Å². The maximum absolute atomic E-state index is 12.1. The van der Waals surface area contributed by atoms with Crippen LogP contribution in [0.4, 0.5) is 17.1 Å². The van der Waals surface area contributed by atoms with Crippen LogP contribution in [0.3, 0.4) is 0 Å². The summed E-state index contributed by atoms with van der Waals surface area (Å²) in [4.78, 5) is 26.5. The summed E-state index contributed by atoms with van der Waals surface area (Å²) < 4.78 is 0. The van der Waals surface area contributed by atoms with Gasteiger partial charge in [0.25, 0.3) is 11.6 Å². The molecule has 1 heterocycles.